The van der Waals surface area contributed by atoms with Crippen molar-refractivity contribution in [3.05, 3.63) is 23.2 Å². The van der Waals surface area contributed by atoms with E-state index in [2.05, 4.69) is 64.9 Å². The molecule has 4 nitrogen and oxygen atoms in total. The Labute approximate surface area is 129 Å². The third-order valence-electron chi connectivity index (χ3n) is 3.20. The first-order valence-corrected chi connectivity index (χ1v) is 7.81. The lowest BCUT2D eigenvalue weighted by molar-refractivity contribution is 0.0616. The Bertz CT molecular complexity index is 419. The van der Waals surface area contributed by atoms with Crippen LogP contribution < -0.4 is 5.32 Å². The van der Waals surface area contributed by atoms with E-state index in [0.29, 0.717) is 6.10 Å². The summed E-state index contributed by atoms with van der Waals surface area (Å²) in [6, 6.07) is 2.14. The van der Waals surface area contributed by atoms with E-state index in [1.165, 1.54) is 5.56 Å². The molecule has 0 bridgehead atoms. The Morgan fingerprint density at radius 2 is 2.00 bits per heavy atom. The summed E-state index contributed by atoms with van der Waals surface area (Å²) in [5.74, 6) is 2.05. The first-order chi connectivity index (χ1) is 9.67. The fourth-order valence-corrected chi connectivity index (χ4v) is 1.98. The van der Waals surface area contributed by atoms with Crippen LogP contribution in [0.3, 0.4) is 0 Å². The molecule has 21 heavy (non-hydrogen) atoms. The number of rotatable bonds is 8. The molecular weight excluding hydrogens is 264 g/mol. The number of ether oxygens (including phenoxy) is 1. The van der Waals surface area contributed by atoms with Gasteiger partial charge in [0, 0.05) is 12.1 Å². The predicted octanol–water partition coefficient (Wildman–Crippen LogP) is 3.33. The van der Waals surface area contributed by atoms with Gasteiger partial charge < -0.3 is 14.5 Å². The second-order valence-electron chi connectivity index (χ2n) is 7.08. The van der Waals surface area contributed by atoms with E-state index in [9.17, 15) is 0 Å². The average Bonchev–Trinajstić information content (AvgIpc) is 2.65. The highest BCUT2D eigenvalue weighted by Gasteiger charge is 2.13. The van der Waals surface area contributed by atoms with E-state index in [4.69, 9.17) is 9.15 Å². The van der Waals surface area contributed by atoms with Gasteiger partial charge in [-0.3, -0.25) is 4.90 Å². The second kappa shape index (κ2) is 7.97. The summed E-state index contributed by atoms with van der Waals surface area (Å²) in [6.45, 7) is 16.0. The van der Waals surface area contributed by atoms with Crippen molar-refractivity contribution < 1.29 is 9.15 Å². The Balaban J connectivity index is 2.45. The molecular formula is C17H32N2O2. The van der Waals surface area contributed by atoms with Crippen molar-refractivity contribution in [2.45, 2.75) is 66.3 Å². The van der Waals surface area contributed by atoms with Gasteiger partial charge in [0.25, 0.3) is 0 Å². The Hall–Kier alpha value is -0.840. The Morgan fingerprint density at radius 1 is 1.33 bits per heavy atom. The van der Waals surface area contributed by atoms with Crippen LogP contribution in [-0.4, -0.2) is 36.7 Å². The zero-order valence-electron chi connectivity index (χ0n) is 14.7. The lowest BCUT2D eigenvalue weighted by Gasteiger charge is -2.19. The van der Waals surface area contributed by atoms with Gasteiger partial charge in [-0.1, -0.05) is 0 Å². The van der Waals surface area contributed by atoms with Crippen molar-refractivity contribution in [2.75, 3.05) is 20.2 Å². The third-order valence-corrected chi connectivity index (χ3v) is 3.20. The monoisotopic (exact) mass is 296 g/mol. The summed E-state index contributed by atoms with van der Waals surface area (Å²) < 4.78 is 11.5. The maximum Gasteiger partial charge on any atom is 0.120 e. The van der Waals surface area contributed by atoms with Crippen molar-refractivity contribution in [1.29, 1.82) is 0 Å². The smallest absolute Gasteiger partial charge is 0.120 e. The van der Waals surface area contributed by atoms with Gasteiger partial charge in [0.2, 0.25) is 0 Å². The van der Waals surface area contributed by atoms with Gasteiger partial charge in [0.1, 0.15) is 11.5 Å². The van der Waals surface area contributed by atoms with Gasteiger partial charge in [-0.2, -0.15) is 0 Å². The molecule has 0 saturated heterocycles. The van der Waals surface area contributed by atoms with Crippen molar-refractivity contribution in [1.82, 2.24) is 10.2 Å². The molecule has 1 aromatic heterocycles. The van der Waals surface area contributed by atoms with Crippen LogP contribution in [0.15, 0.2) is 10.5 Å². The highest BCUT2D eigenvalue weighted by Crippen LogP contribution is 2.17. The summed E-state index contributed by atoms with van der Waals surface area (Å²) >= 11 is 0. The number of hydrogen-bond donors (Lipinski definition) is 1. The molecule has 1 aromatic rings. The summed E-state index contributed by atoms with van der Waals surface area (Å²) in [5, 5.41) is 3.47. The normalized spacial score (nSPS) is 12.6. The van der Waals surface area contributed by atoms with Crippen LogP contribution in [0.4, 0.5) is 0 Å². The van der Waals surface area contributed by atoms with Crippen molar-refractivity contribution >= 4 is 0 Å². The van der Waals surface area contributed by atoms with Crippen LogP contribution in [0.1, 0.15) is 51.7 Å². The average molecular weight is 296 g/mol. The third kappa shape index (κ3) is 7.65. The van der Waals surface area contributed by atoms with Gasteiger partial charge in [-0.25, -0.2) is 0 Å². The molecule has 0 saturated carbocycles. The fraction of sp³-hybridized carbons (Fsp3) is 0.765. The maximum atomic E-state index is 5.96. The van der Waals surface area contributed by atoms with Crippen molar-refractivity contribution in [3.63, 3.8) is 0 Å². The molecule has 0 fully saturated rings. The van der Waals surface area contributed by atoms with Crippen LogP contribution in [0.25, 0.3) is 0 Å². The molecule has 0 radical (unpaired) electrons. The number of likely N-dealkylation sites (N-methyl/N-ethyl adjacent to an activating group) is 1. The number of hydrogen-bond acceptors (Lipinski definition) is 4. The molecule has 122 valence electrons. The van der Waals surface area contributed by atoms with Gasteiger partial charge in [0.15, 0.2) is 0 Å². The lowest BCUT2D eigenvalue weighted by Crippen LogP contribution is -2.35. The molecule has 4 heteroatoms. The van der Waals surface area contributed by atoms with E-state index < -0.39 is 0 Å². The Morgan fingerprint density at radius 3 is 2.57 bits per heavy atom. The zero-order valence-corrected chi connectivity index (χ0v) is 14.7. The molecule has 0 atom stereocenters. The highest BCUT2D eigenvalue weighted by molar-refractivity contribution is 5.20. The highest BCUT2D eigenvalue weighted by atomic mass is 16.5. The van der Waals surface area contributed by atoms with Gasteiger partial charge >= 0.3 is 0 Å². The lowest BCUT2D eigenvalue weighted by atomic mass is 10.1. The number of nitrogens with zero attached hydrogens (tertiary/aromatic N) is 1. The predicted molar refractivity (Wildman–Crippen MR) is 87.5 cm³/mol. The minimum Gasteiger partial charge on any atom is -0.463 e. The molecule has 0 aliphatic heterocycles. The van der Waals surface area contributed by atoms with E-state index in [1.54, 1.807) is 0 Å². The van der Waals surface area contributed by atoms with Crippen LogP contribution in [0, 0.1) is 6.92 Å². The van der Waals surface area contributed by atoms with Crippen LogP contribution in [0.5, 0.6) is 0 Å². The summed E-state index contributed by atoms with van der Waals surface area (Å²) in [7, 11) is 2.09. The van der Waals surface area contributed by atoms with Crippen LogP contribution in [0.2, 0.25) is 0 Å². The first kappa shape index (κ1) is 18.2. The largest absolute Gasteiger partial charge is 0.463 e. The number of furan rings is 1. The molecule has 1 rings (SSSR count). The van der Waals surface area contributed by atoms with Gasteiger partial charge in [-0.05, 0) is 60.2 Å². The van der Waals surface area contributed by atoms with E-state index in [-0.39, 0.29) is 5.54 Å². The quantitative estimate of drug-likeness (QED) is 0.798. The van der Waals surface area contributed by atoms with Crippen LogP contribution >= 0.6 is 0 Å². The summed E-state index contributed by atoms with van der Waals surface area (Å²) in [5.41, 5.74) is 1.32. The molecule has 0 aliphatic carbocycles. The standard InChI is InChI=1S/C17H32N2O2/c1-13(2)20-9-8-19(7)12-15-10-14(3)16(21-15)11-18-17(4,5)6/h10,13,18H,8-9,11-12H2,1-7H3. The summed E-state index contributed by atoms with van der Waals surface area (Å²) in [4.78, 5) is 2.22. The van der Waals surface area contributed by atoms with E-state index in [1.807, 2.05) is 0 Å². The molecule has 0 aromatic carbocycles. The van der Waals surface area contributed by atoms with Crippen molar-refractivity contribution in [2.24, 2.45) is 0 Å². The fourth-order valence-electron chi connectivity index (χ4n) is 1.98. The molecule has 0 aliphatic rings. The second-order valence-corrected chi connectivity index (χ2v) is 7.08. The maximum absolute atomic E-state index is 5.96. The molecule has 1 N–H and O–H groups in total. The van der Waals surface area contributed by atoms with E-state index in [0.717, 1.165) is 37.8 Å². The SMILES string of the molecule is Cc1cc(CN(C)CCOC(C)C)oc1CNC(C)(C)C. The zero-order chi connectivity index (χ0) is 16.0. The minimum absolute atomic E-state index is 0.102. The topological polar surface area (TPSA) is 37.6 Å². The summed E-state index contributed by atoms with van der Waals surface area (Å²) in [6.07, 6.45) is 0.291. The Kier molecular flexibility index (Phi) is 6.91. The van der Waals surface area contributed by atoms with E-state index >= 15 is 0 Å². The van der Waals surface area contributed by atoms with Crippen LogP contribution in [-0.2, 0) is 17.8 Å². The molecule has 1 heterocycles. The van der Waals surface area contributed by atoms with Crippen molar-refractivity contribution in [3.8, 4) is 0 Å². The number of aryl methyl sites for hydroxylation is 1. The van der Waals surface area contributed by atoms with Gasteiger partial charge in [0.05, 0.1) is 25.8 Å². The van der Waals surface area contributed by atoms with Gasteiger partial charge in [-0.15, -0.1) is 0 Å². The first-order valence-electron chi connectivity index (χ1n) is 7.81. The molecule has 0 amide bonds. The molecule has 0 spiro atoms. The number of nitrogens with one attached hydrogen (secondary N) is 1. The molecule has 0 unspecified atom stereocenters. The minimum atomic E-state index is 0.102.